The molecule has 0 fully saturated rings. The van der Waals surface area contributed by atoms with E-state index < -0.39 is 5.41 Å². The van der Waals surface area contributed by atoms with Gasteiger partial charge in [-0.2, -0.15) is 4.98 Å². The summed E-state index contributed by atoms with van der Waals surface area (Å²) in [5, 5.41) is 3.81. The number of nitrogens with zero attached hydrogens (tertiary/aromatic N) is 4. The maximum absolute atomic E-state index is 11.9. The van der Waals surface area contributed by atoms with Crippen LogP contribution in [0.25, 0.3) is 11.5 Å². The van der Waals surface area contributed by atoms with Crippen molar-refractivity contribution in [3.8, 4) is 17.4 Å². The third kappa shape index (κ3) is 3.17. The molecule has 0 N–H and O–H groups in total. The van der Waals surface area contributed by atoms with Crippen LogP contribution in [0, 0.1) is 5.41 Å². The minimum atomic E-state index is -0.438. The van der Waals surface area contributed by atoms with E-state index >= 15 is 0 Å². The molecule has 20 heavy (non-hydrogen) atoms. The first-order valence-electron chi connectivity index (χ1n) is 6.12. The number of ether oxygens (including phenoxy) is 1. The molecule has 7 heteroatoms. The van der Waals surface area contributed by atoms with Gasteiger partial charge in [0.25, 0.3) is 0 Å². The molecule has 2 heterocycles. The lowest BCUT2D eigenvalue weighted by Crippen LogP contribution is -2.22. The quantitative estimate of drug-likeness (QED) is 0.839. The third-order valence-electron chi connectivity index (χ3n) is 2.70. The number of carbonyl (C=O) groups excluding carboxylic acids is 1. The zero-order chi connectivity index (χ0) is 14.8. The van der Waals surface area contributed by atoms with Crippen molar-refractivity contribution in [3.05, 3.63) is 18.3 Å². The van der Waals surface area contributed by atoms with E-state index in [0.29, 0.717) is 17.4 Å². The Kier molecular flexibility index (Phi) is 3.78. The van der Waals surface area contributed by atoms with E-state index in [1.54, 1.807) is 6.07 Å². The fourth-order valence-electron chi connectivity index (χ4n) is 1.41. The molecule has 0 aromatic carbocycles. The summed E-state index contributed by atoms with van der Waals surface area (Å²) in [6, 6.07) is 1.60. The standard InChI is InChI=1S/C13H16N4O3/c1-13(2,3)9(18)6-11-16-12(17-20-11)8-5-10(19-4)15-7-14-8/h5,7H,6H2,1-4H3. The van der Waals surface area contributed by atoms with E-state index in [9.17, 15) is 4.79 Å². The van der Waals surface area contributed by atoms with Crippen molar-refractivity contribution in [1.29, 1.82) is 0 Å². The first-order chi connectivity index (χ1) is 9.40. The van der Waals surface area contributed by atoms with E-state index in [1.807, 2.05) is 20.8 Å². The molecule has 0 aliphatic heterocycles. The van der Waals surface area contributed by atoms with Gasteiger partial charge in [0, 0.05) is 11.5 Å². The highest BCUT2D eigenvalue weighted by molar-refractivity contribution is 5.85. The Balaban J connectivity index is 2.18. The lowest BCUT2D eigenvalue weighted by Gasteiger charge is -2.14. The summed E-state index contributed by atoms with van der Waals surface area (Å²) in [6.07, 6.45) is 1.46. The second-order valence-corrected chi connectivity index (χ2v) is 5.31. The summed E-state index contributed by atoms with van der Waals surface area (Å²) in [4.78, 5) is 24.0. The zero-order valence-corrected chi connectivity index (χ0v) is 11.9. The SMILES string of the molecule is COc1cc(-c2noc(CC(=O)C(C)(C)C)n2)ncn1. The van der Waals surface area contributed by atoms with Crippen LogP contribution in [0.4, 0.5) is 0 Å². The first-order valence-corrected chi connectivity index (χ1v) is 6.12. The van der Waals surface area contributed by atoms with Gasteiger partial charge in [0.15, 0.2) is 0 Å². The van der Waals surface area contributed by atoms with E-state index in [2.05, 4.69) is 20.1 Å². The molecule has 106 valence electrons. The second-order valence-electron chi connectivity index (χ2n) is 5.31. The maximum Gasteiger partial charge on any atom is 0.234 e. The lowest BCUT2D eigenvalue weighted by molar-refractivity contribution is -0.125. The Morgan fingerprint density at radius 3 is 2.75 bits per heavy atom. The fraction of sp³-hybridized carbons (Fsp3) is 0.462. The van der Waals surface area contributed by atoms with Gasteiger partial charge in [-0.25, -0.2) is 9.97 Å². The average molecular weight is 276 g/mol. The minimum Gasteiger partial charge on any atom is -0.481 e. The highest BCUT2D eigenvalue weighted by Gasteiger charge is 2.24. The van der Waals surface area contributed by atoms with E-state index in [-0.39, 0.29) is 18.1 Å². The van der Waals surface area contributed by atoms with Crippen molar-refractivity contribution in [2.45, 2.75) is 27.2 Å². The van der Waals surface area contributed by atoms with Crippen molar-refractivity contribution in [2.24, 2.45) is 5.41 Å². The summed E-state index contributed by atoms with van der Waals surface area (Å²) in [7, 11) is 1.51. The Labute approximate surface area is 116 Å². The Morgan fingerprint density at radius 1 is 1.35 bits per heavy atom. The number of aromatic nitrogens is 4. The molecule has 0 aliphatic carbocycles. The summed E-state index contributed by atoms with van der Waals surface area (Å²) >= 11 is 0. The minimum absolute atomic E-state index is 0.0352. The van der Waals surface area contributed by atoms with Crippen molar-refractivity contribution < 1.29 is 14.1 Å². The number of hydrogen-bond donors (Lipinski definition) is 0. The van der Waals surface area contributed by atoms with Crippen LogP contribution in [0.5, 0.6) is 5.88 Å². The van der Waals surface area contributed by atoms with Crippen LogP contribution >= 0.6 is 0 Å². The molecule has 0 spiro atoms. The molecule has 0 unspecified atom stereocenters. The molecule has 7 nitrogen and oxygen atoms in total. The van der Waals surface area contributed by atoms with Crippen molar-refractivity contribution in [3.63, 3.8) is 0 Å². The van der Waals surface area contributed by atoms with Crippen LogP contribution < -0.4 is 4.74 Å². The van der Waals surface area contributed by atoms with Crippen molar-refractivity contribution >= 4 is 5.78 Å². The van der Waals surface area contributed by atoms with Gasteiger partial charge in [0.1, 0.15) is 17.8 Å². The third-order valence-corrected chi connectivity index (χ3v) is 2.70. The number of rotatable bonds is 4. The number of ketones is 1. The molecule has 0 radical (unpaired) electrons. The predicted octanol–water partition coefficient (Wildman–Crippen LogP) is 1.69. The van der Waals surface area contributed by atoms with Gasteiger partial charge in [0.05, 0.1) is 13.5 Å². The van der Waals surface area contributed by atoms with Crippen LogP contribution in [-0.2, 0) is 11.2 Å². The van der Waals surface area contributed by atoms with E-state index in [0.717, 1.165) is 0 Å². The van der Waals surface area contributed by atoms with Gasteiger partial charge in [-0.3, -0.25) is 4.79 Å². The number of carbonyl (C=O) groups is 1. The van der Waals surface area contributed by atoms with Crippen LogP contribution in [0.15, 0.2) is 16.9 Å². The van der Waals surface area contributed by atoms with E-state index in [4.69, 9.17) is 9.26 Å². The summed E-state index contributed by atoms with van der Waals surface area (Å²) in [5.74, 6) is 1.03. The fourth-order valence-corrected chi connectivity index (χ4v) is 1.41. The summed E-state index contributed by atoms with van der Waals surface area (Å²) < 4.78 is 10.1. The summed E-state index contributed by atoms with van der Waals surface area (Å²) in [5.41, 5.74) is 0.0438. The lowest BCUT2D eigenvalue weighted by atomic mass is 9.89. The molecule has 0 saturated carbocycles. The van der Waals surface area contributed by atoms with Gasteiger partial charge in [-0.1, -0.05) is 25.9 Å². The van der Waals surface area contributed by atoms with Crippen LogP contribution in [0.2, 0.25) is 0 Å². The predicted molar refractivity (Wildman–Crippen MR) is 70.0 cm³/mol. The molecule has 0 amide bonds. The number of methoxy groups -OCH3 is 1. The monoisotopic (exact) mass is 276 g/mol. The van der Waals surface area contributed by atoms with Gasteiger partial charge in [-0.15, -0.1) is 0 Å². The zero-order valence-electron chi connectivity index (χ0n) is 11.9. The molecule has 2 aromatic rings. The van der Waals surface area contributed by atoms with Crippen molar-refractivity contribution in [1.82, 2.24) is 20.1 Å². The summed E-state index contributed by atoms with van der Waals surface area (Å²) in [6.45, 7) is 5.55. The molecule has 0 aliphatic rings. The van der Waals surface area contributed by atoms with E-state index in [1.165, 1.54) is 13.4 Å². The maximum atomic E-state index is 11.9. The highest BCUT2D eigenvalue weighted by Crippen LogP contribution is 2.20. The van der Waals surface area contributed by atoms with Gasteiger partial charge < -0.3 is 9.26 Å². The second kappa shape index (κ2) is 5.36. The number of hydrogen-bond acceptors (Lipinski definition) is 7. The largest absolute Gasteiger partial charge is 0.481 e. The molecular formula is C13H16N4O3. The molecule has 2 rings (SSSR count). The van der Waals surface area contributed by atoms with Crippen LogP contribution in [-0.4, -0.2) is 33.0 Å². The van der Waals surface area contributed by atoms with Crippen LogP contribution in [0.3, 0.4) is 0 Å². The highest BCUT2D eigenvalue weighted by atomic mass is 16.5. The normalized spacial score (nSPS) is 11.4. The molecule has 0 bridgehead atoms. The molecule has 0 atom stereocenters. The number of Topliss-reactive ketones (excluding diaryl/α,β-unsaturated/α-hetero) is 1. The Bertz CT molecular complexity index is 616. The first kappa shape index (κ1) is 14.1. The van der Waals surface area contributed by atoms with Gasteiger partial charge in [-0.05, 0) is 0 Å². The smallest absolute Gasteiger partial charge is 0.234 e. The Morgan fingerprint density at radius 2 is 2.10 bits per heavy atom. The topological polar surface area (TPSA) is 91.0 Å². The van der Waals surface area contributed by atoms with Crippen molar-refractivity contribution in [2.75, 3.05) is 7.11 Å². The average Bonchev–Trinajstić information content (AvgIpc) is 2.86. The van der Waals surface area contributed by atoms with Gasteiger partial charge in [0.2, 0.25) is 17.6 Å². The molecular weight excluding hydrogens is 260 g/mol. The molecule has 2 aromatic heterocycles. The Hall–Kier alpha value is -2.31. The van der Waals surface area contributed by atoms with Gasteiger partial charge >= 0.3 is 0 Å². The van der Waals surface area contributed by atoms with Crippen LogP contribution in [0.1, 0.15) is 26.7 Å². The molecule has 0 saturated heterocycles.